The number of methoxy groups -OCH3 is 1. The number of rotatable bonds is 1. The molecule has 1 rings (SSSR count). The van der Waals surface area contributed by atoms with Crippen LogP contribution in [0.3, 0.4) is 0 Å². The van der Waals surface area contributed by atoms with Gasteiger partial charge in [0, 0.05) is 4.48 Å². The zero-order valence-electron chi connectivity index (χ0n) is 8.50. The second kappa shape index (κ2) is 3.87. The van der Waals surface area contributed by atoms with Crippen molar-refractivity contribution >= 4 is 21.9 Å². The van der Waals surface area contributed by atoms with Gasteiger partial charge in [-0.25, -0.2) is 0 Å². The summed E-state index contributed by atoms with van der Waals surface area (Å²) in [6.07, 6.45) is 3.75. The smallest absolute Gasteiger partial charge is 0.317 e. The van der Waals surface area contributed by atoms with Gasteiger partial charge in [0.25, 0.3) is 0 Å². The number of esters is 1. The summed E-state index contributed by atoms with van der Waals surface area (Å²) in [4.78, 5) is 11.7. The quantitative estimate of drug-likeness (QED) is 0.730. The highest BCUT2D eigenvalue weighted by atomic mass is 79.9. The van der Waals surface area contributed by atoms with E-state index in [1.54, 1.807) is 6.92 Å². The number of hydrogen-bond donors (Lipinski definition) is 1. The molecule has 1 aliphatic rings. The summed E-state index contributed by atoms with van der Waals surface area (Å²) in [7, 11) is 1.37. The van der Waals surface area contributed by atoms with Crippen LogP contribution in [0.1, 0.15) is 13.8 Å². The van der Waals surface area contributed by atoms with Gasteiger partial charge >= 0.3 is 5.97 Å². The predicted octanol–water partition coefficient (Wildman–Crippen LogP) is 1.73. The van der Waals surface area contributed by atoms with Crippen molar-refractivity contribution in [1.82, 2.24) is 0 Å². The molecule has 0 saturated heterocycles. The summed E-state index contributed by atoms with van der Waals surface area (Å²) in [5.74, 6) is -0.302. The fourth-order valence-electron chi connectivity index (χ4n) is 1.50. The highest BCUT2D eigenvalue weighted by molar-refractivity contribution is 9.11. The molecule has 0 radical (unpaired) electrons. The Bertz CT molecular complexity index is 322. The van der Waals surface area contributed by atoms with Crippen LogP contribution in [0, 0.1) is 5.41 Å². The fourth-order valence-corrected chi connectivity index (χ4v) is 2.09. The van der Waals surface area contributed by atoms with E-state index in [-0.39, 0.29) is 12.0 Å². The van der Waals surface area contributed by atoms with Gasteiger partial charge in [0.15, 0.2) is 0 Å². The van der Waals surface area contributed by atoms with E-state index in [4.69, 9.17) is 10.5 Å². The summed E-state index contributed by atoms with van der Waals surface area (Å²) in [5.41, 5.74) is 6.12. The molecule has 2 atom stereocenters. The van der Waals surface area contributed by atoms with Gasteiger partial charge in [0.1, 0.15) is 5.41 Å². The summed E-state index contributed by atoms with van der Waals surface area (Å²) >= 11 is 3.34. The molecule has 2 N–H and O–H groups in total. The number of nitrogens with two attached hydrogens (primary N) is 1. The normalized spacial score (nSPS) is 31.9. The fraction of sp³-hybridized carbons (Fsp3) is 0.500. The molecule has 0 aromatic heterocycles. The van der Waals surface area contributed by atoms with Crippen LogP contribution in [0.5, 0.6) is 0 Å². The van der Waals surface area contributed by atoms with Crippen LogP contribution in [0.15, 0.2) is 22.2 Å². The Labute approximate surface area is 92.1 Å². The van der Waals surface area contributed by atoms with Gasteiger partial charge in [-0.15, -0.1) is 0 Å². The molecule has 0 aromatic rings. The topological polar surface area (TPSA) is 52.3 Å². The van der Waals surface area contributed by atoms with E-state index in [9.17, 15) is 4.79 Å². The lowest BCUT2D eigenvalue weighted by molar-refractivity contribution is -0.150. The molecular weight excluding hydrogens is 246 g/mol. The molecule has 1 aliphatic carbocycles. The Kier molecular flexibility index (Phi) is 3.17. The van der Waals surface area contributed by atoms with Crippen molar-refractivity contribution in [1.29, 1.82) is 0 Å². The van der Waals surface area contributed by atoms with Crippen LogP contribution in [-0.2, 0) is 9.53 Å². The Hall–Kier alpha value is -0.610. The van der Waals surface area contributed by atoms with Crippen molar-refractivity contribution < 1.29 is 9.53 Å². The van der Waals surface area contributed by atoms with Crippen LogP contribution in [0.25, 0.3) is 0 Å². The number of halogens is 1. The summed E-state index contributed by atoms with van der Waals surface area (Å²) < 4.78 is 5.59. The van der Waals surface area contributed by atoms with Gasteiger partial charge < -0.3 is 10.5 Å². The van der Waals surface area contributed by atoms with Gasteiger partial charge in [0.2, 0.25) is 0 Å². The van der Waals surface area contributed by atoms with E-state index in [2.05, 4.69) is 15.9 Å². The molecule has 4 heteroatoms. The molecule has 0 fully saturated rings. The first kappa shape index (κ1) is 11.5. The molecule has 0 heterocycles. The molecule has 0 amide bonds. The third kappa shape index (κ3) is 1.53. The molecule has 0 spiro atoms. The van der Waals surface area contributed by atoms with Gasteiger partial charge in [-0.1, -0.05) is 33.7 Å². The number of allylic oxidation sites excluding steroid dienone is 2. The standard InChI is InChI=1S/C10H14BrNO2/c1-6-4-5-7(11)8(12)10(6,2)9(13)14-3/h4-5,8H,12H2,1-3H3. The number of carbonyl (C=O) groups is 1. The molecule has 3 nitrogen and oxygen atoms in total. The molecular formula is C10H14BrNO2. The third-order valence-corrected chi connectivity index (χ3v) is 3.60. The highest BCUT2D eigenvalue weighted by Crippen LogP contribution is 2.39. The second-order valence-corrected chi connectivity index (χ2v) is 4.49. The van der Waals surface area contributed by atoms with Gasteiger partial charge in [-0.05, 0) is 13.8 Å². The lowest BCUT2D eigenvalue weighted by Gasteiger charge is -2.35. The van der Waals surface area contributed by atoms with Crippen molar-refractivity contribution in [2.24, 2.45) is 11.1 Å². The predicted molar refractivity (Wildman–Crippen MR) is 58.9 cm³/mol. The third-order valence-electron chi connectivity index (χ3n) is 2.84. The number of carbonyl (C=O) groups excluding carboxylic acids is 1. The first-order valence-electron chi connectivity index (χ1n) is 4.33. The average molecular weight is 260 g/mol. The van der Waals surface area contributed by atoms with Crippen molar-refractivity contribution in [2.45, 2.75) is 19.9 Å². The minimum atomic E-state index is -0.762. The minimum Gasteiger partial charge on any atom is -0.468 e. The van der Waals surface area contributed by atoms with Crippen molar-refractivity contribution in [2.75, 3.05) is 7.11 Å². The minimum absolute atomic E-state index is 0.302. The van der Waals surface area contributed by atoms with Crippen molar-refractivity contribution in [3.8, 4) is 0 Å². The Morgan fingerprint density at radius 1 is 1.64 bits per heavy atom. The Morgan fingerprint density at radius 3 is 2.71 bits per heavy atom. The van der Waals surface area contributed by atoms with Gasteiger partial charge in [-0.3, -0.25) is 4.79 Å². The van der Waals surface area contributed by atoms with Crippen molar-refractivity contribution in [3.05, 3.63) is 22.2 Å². The SMILES string of the molecule is COC(=O)C1(C)C(C)=CC=C(Br)C1N. The molecule has 0 saturated carbocycles. The molecule has 0 aliphatic heterocycles. The van der Waals surface area contributed by atoms with E-state index in [1.807, 2.05) is 19.1 Å². The van der Waals surface area contributed by atoms with Crippen LogP contribution in [0.2, 0.25) is 0 Å². The second-order valence-electron chi connectivity index (χ2n) is 3.57. The van der Waals surface area contributed by atoms with Crippen LogP contribution >= 0.6 is 15.9 Å². The lowest BCUT2D eigenvalue weighted by Crippen LogP contribution is -2.48. The average Bonchev–Trinajstić information content (AvgIpc) is 2.19. The lowest BCUT2D eigenvalue weighted by atomic mass is 9.74. The van der Waals surface area contributed by atoms with E-state index in [0.717, 1.165) is 10.1 Å². The number of hydrogen-bond acceptors (Lipinski definition) is 3. The van der Waals surface area contributed by atoms with Gasteiger partial charge in [0.05, 0.1) is 13.2 Å². The first-order valence-corrected chi connectivity index (χ1v) is 5.12. The monoisotopic (exact) mass is 259 g/mol. The van der Waals surface area contributed by atoms with E-state index < -0.39 is 5.41 Å². The number of ether oxygens (including phenoxy) is 1. The largest absolute Gasteiger partial charge is 0.468 e. The Balaban J connectivity index is 3.16. The van der Waals surface area contributed by atoms with Gasteiger partial charge in [-0.2, -0.15) is 0 Å². The molecule has 2 unspecified atom stereocenters. The van der Waals surface area contributed by atoms with Crippen LogP contribution < -0.4 is 5.73 Å². The maximum atomic E-state index is 11.7. The zero-order valence-corrected chi connectivity index (χ0v) is 10.1. The van der Waals surface area contributed by atoms with E-state index >= 15 is 0 Å². The summed E-state index contributed by atoms with van der Waals surface area (Å²) in [5, 5.41) is 0. The molecule has 14 heavy (non-hydrogen) atoms. The molecule has 0 aromatic carbocycles. The Morgan fingerprint density at radius 2 is 2.21 bits per heavy atom. The molecule has 0 bridgehead atoms. The molecule has 78 valence electrons. The maximum absolute atomic E-state index is 11.7. The maximum Gasteiger partial charge on any atom is 0.317 e. The van der Waals surface area contributed by atoms with E-state index in [1.165, 1.54) is 7.11 Å². The van der Waals surface area contributed by atoms with Crippen LogP contribution in [-0.4, -0.2) is 19.1 Å². The first-order chi connectivity index (χ1) is 6.44. The zero-order chi connectivity index (χ0) is 10.9. The van der Waals surface area contributed by atoms with E-state index in [0.29, 0.717) is 0 Å². The van der Waals surface area contributed by atoms with Crippen molar-refractivity contribution in [3.63, 3.8) is 0 Å². The summed E-state index contributed by atoms with van der Waals surface area (Å²) in [6, 6.07) is -0.375. The highest BCUT2D eigenvalue weighted by Gasteiger charge is 2.44. The summed E-state index contributed by atoms with van der Waals surface area (Å²) in [6.45, 7) is 3.68. The van der Waals surface area contributed by atoms with Crippen LogP contribution in [0.4, 0.5) is 0 Å².